The van der Waals surface area contributed by atoms with E-state index in [1.165, 1.54) is 11.6 Å². The Balaban J connectivity index is 1.54. The summed E-state index contributed by atoms with van der Waals surface area (Å²) >= 11 is 0. The van der Waals surface area contributed by atoms with Crippen molar-refractivity contribution in [2.45, 2.75) is 25.7 Å². The van der Waals surface area contributed by atoms with Crippen LogP contribution in [-0.2, 0) is 11.2 Å². The first-order chi connectivity index (χ1) is 12.2. The molecule has 130 valence electrons. The van der Waals surface area contributed by atoms with Crippen LogP contribution in [0.2, 0.25) is 0 Å². The topological polar surface area (TPSA) is 72.7 Å². The van der Waals surface area contributed by atoms with Crippen LogP contribution in [0.1, 0.15) is 24.8 Å². The van der Waals surface area contributed by atoms with Crippen LogP contribution in [0.5, 0.6) is 5.75 Å². The standard InChI is InChI=1S/C19H20N2O4/c22-19(20-13-5-8-15-7-1-2-9-16(15)20)12-6-14-25-18-11-4-3-10-17(18)21(23)24/h1-4,7,9-11H,5-6,8,12-14H2. The smallest absolute Gasteiger partial charge is 0.310 e. The first-order valence-corrected chi connectivity index (χ1v) is 8.41. The highest BCUT2D eigenvalue weighted by atomic mass is 16.6. The number of amides is 1. The molecule has 0 aliphatic carbocycles. The first kappa shape index (κ1) is 17.0. The van der Waals surface area contributed by atoms with Crippen molar-refractivity contribution in [3.05, 3.63) is 64.2 Å². The molecule has 6 heteroatoms. The number of anilines is 1. The Morgan fingerprint density at radius 3 is 2.76 bits per heavy atom. The molecule has 6 nitrogen and oxygen atoms in total. The summed E-state index contributed by atoms with van der Waals surface area (Å²) in [5, 5.41) is 11.0. The van der Waals surface area contributed by atoms with E-state index in [0.717, 1.165) is 25.1 Å². The van der Waals surface area contributed by atoms with Crippen molar-refractivity contribution < 1.29 is 14.5 Å². The Morgan fingerprint density at radius 2 is 1.92 bits per heavy atom. The van der Waals surface area contributed by atoms with E-state index in [0.29, 0.717) is 12.8 Å². The highest BCUT2D eigenvalue weighted by molar-refractivity contribution is 5.94. The average Bonchev–Trinajstić information content (AvgIpc) is 2.64. The summed E-state index contributed by atoms with van der Waals surface area (Å²) in [4.78, 5) is 24.8. The fraction of sp³-hybridized carbons (Fsp3) is 0.316. The molecular formula is C19H20N2O4. The highest BCUT2D eigenvalue weighted by Crippen LogP contribution is 2.28. The number of hydrogen-bond donors (Lipinski definition) is 0. The average molecular weight is 340 g/mol. The van der Waals surface area contributed by atoms with Gasteiger partial charge >= 0.3 is 5.69 Å². The van der Waals surface area contributed by atoms with Crippen LogP contribution in [0.4, 0.5) is 11.4 Å². The van der Waals surface area contributed by atoms with Crippen molar-refractivity contribution >= 4 is 17.3 Å². The van der Waals surface area contributed by atoms with E-state index in [2.05, 4.69) is 6.07 Å². The summed E-state index contributed by atoms with van der Waals surface area (Å²) < 4.78 is 5.49. The van der Waals surface area contributed by atoms with Gasteiger partial charge in [0.05, 0.1) is 11.5 Å². The van der Waals surface area contributed by atoms with Crippen LogP contribution < -0.4 is 9.64 Å². The van der Waals surface area contributed by atoms with E-state index in [-0.39, 0.29) is 24.0 Å². The molecule has 2 aromatic rings. The number of para-hydroxylation sites is 3. The third kappa shape index (κ3) is 3.96. The van der Waals surface area contributed by atoms with E-state index in [1.807, 2.05) is 23.1 Å². The van der Waals surface area contributed by atoms with Gasteiger partial charge < -0.3 is 9.64 Å². The van der Waals surface area contributed by atoms with Gasteiger partial charge in [-0.1, -0.05) is 30.3 Å². The van der Waals surface area contributed by atoms with Gasteiger partial charge in [-0.3, -0.25) is 14.9 Å². The lowest BCUT2D eigenvalue weighted by Crippen LogP contribution is -2.35. The number of nitrogens with zero attached hydrogens (tertiary/aromatic N) is 2. The summed E-state index contributed by atoms with van der Waals surface area (Å²) in [5.74, 6) is 0.307. The molecule has 1 amide bonds. The van der Waals surface area contributed by atoms with Crippen molar-refractivity contribution in [3.63, 3.8) is 0 Å². The van der Waals surface area contributed by atoms with E-state index < -0.39 is 4.92 Å². The van der Waals surface area contributed by atoms with E-state index in [1.54, 1.807) is 18.2 Å². The maximum atomic E-state index is 12.5. The molecule has 1 aliphatic heterocycles. The van der Waals surface area contributed by atoms with Crippen LogP contribution in [0, 0.1) is 10.1 Å². The zero-order valence-corrected chi connectivity index (χ0v) is 13.9. The summed E-state index contributed by atoms with van der Waals surface area (Å²) in [6.45, 7) is 1.01. The number of rotatable bonds is 6. The molecule has 0 atom stereocenters. The zero-order valence-electron chi connectivity index (χ0n) is 13.9. The van der Waals surface area contributed by atoms with Crippen molar-refractivity contribution in [3.8, 4) is 5.75 Å². The van der Waals surface area contributed by atoms with Gasteiger partial charge in [-0.25, -0.2) is 0 Å². The van der Waals surface area contributed by atoms with Crippen molar-refractivity contribution in [2.75, 3.05) is 18.1 Å². The highest BCUT2D eigenvalue weighted by Gasteiger charge is 2.21. The molecule has 0 radical (unpaired) electrons. The largest absolute Gasteiger partial charge is 0.487 e. The number of nitro groups is 1. The molecule has 0 saturated heterocycles. The molecule has 0 N–H and O–H groups in total. The zero-order chi connectivity index (χ0) is 17.6. The van der Waals surface area contributed by atoms with Crippen molar-refractivity contribution in [2.24, 2.45) is 0 Å². The minimum Gasteiger partial charge on any atom is -0.487 e. The molecule has 0 unspecified atom stereocenters. The molecule has 0 fully saturated rings. The van der Waals surface area contributed by atoms with Crippen molar-refractivity contribution in [1.29, 1.82) is 0 Å². The number of carbonyl (C=O) groups is 1. The Kier molecular flexibility index (Phi) is 5.28. The second-order valence-electron chi connectivity index (χ2n) is 5.95. The second-order valence-corrected chi connectivity index (χ2v) is 5.95. The fourth-order valence-electron chi connectivity index (χ4n) is 3.06. The molecule has 2 aromatic carbocycles. The molecule has 0 aromatic heterocycles. The van der Waals surface area contributed by atoms with Crippen LogP contribution in [0.15, 0.2) is 48.5 Å². The second kappa shape index (κ2) is 7.79. The maximum Gasteiger partial charge on any atom is 0.310 e. The lowest BCUT2D eigenvalue weighted by molar-refractivity contribution is -0.385. The third-order valence-corrected chi connectivity index (χ3v) is 4.27. The summed E-state index contributed by atoms with van der Waals surface area (Å²) in [6, 6.07) is 14.3. The molecule has 0 bridgehead atoms. The predicted octanol–water partition coefficient (Wildman–Crippen LogP) is 3.73. The number of hydrogen-bond acceptors (Lipinski definition) is 4. The van der Waals surface area contributed by atoms with Gasteiger partial charge in [-0.2, -0.15) is 0 Å². The number of nitro benzene ring substituents is 1. The van der Waals surface area contributed by atoms with Gasteiger partial charge in [-0.05, 0) is 37.0 Å². The maximum absolute atomic E-state index is 12.5. The summed E-state index contributed by atoms with van der Waals surface area (Å²) in [7, 11) is 0. The Labute approximate surface area is 146 Å². The van der Waals surface area contributed by atoms with E-state index in [9.17, 15) is 14.9 Å². The number of carbonyl (C=O) groups excluding carboxylic acids is 1. The van der Waals surface area contributed by atoms with Crippen LogP contribution in [-0.4, -0.2) is 24.0 Å². The molecule has 1 aliphatic rings. The Hall–Kier alpha value is -2.89. The van der Waals surface area contributed by atoms with Crippen LogP contribution >= 0.6 is 0 Å². The Morgan fingerprint density at radius 1 is 1.16 bits per heavy atom. The molecule has 1 heterocycles. The predicted molar refractivity (Wildman–Crippen MR) is 94.9 cm³/mol. The molecule has 0 saturated carbocycles. The fourth-order valence-corrected chi connectivity index (χ4v) is 3.06. The minimum absolute atomic E-state index is 0.0567. The first-order valence-electron chi connectivity index (χ1n) is 8.41. The van der Waals surface area contributed by atoms with Gasteiger partial charge in [0.15, 0.2) is 5.75 Å². The van der Waals surface area contributed by atoms with Gasteiger partial charge in [0.2, 0.25) is 5.91 Å². The SMILES string of the molecule is O=C(CCCOc1ccccc1[N+](=O)[O-])N1CCCc2ccccc21. The quantitative estimate of drug-likeness (QED) is 0.456. The number of benzene rings is 2. The number of ether oxygens (including phenoxy) is 1. The van der Waals surface area contributed by atoms with Crippen molar-refractivity contribution in [1.82, 2.24) is 0 Å². The lowest BCUT2D eigenvalue weighted by Gasteiger charge is -2.29. The lowest BCUT2D eigenvalue weighted by atomic mass is 10.0. The summed E-state index contributed by atoms with van der Waals surface area (Å²) in [5.41, 5.74) is 2.15. The summed E-state index contributed by atoms with van der Waals surface area (Å²) in [6.07, 6.45) is 2.84. The van der Waals surface area contributed by atoms with Gasteiger partial charge in [-0.15, -0.1) is 0 Å². The van der Waals surface area contributed by atoms with E-state index >= 15 is 0 Å². The molecule has 25 heavy (non-hydrogen) atoms. The number of aryl methyl sites for hydroxylation is 1. The molecule has 0 spiro atoms. The third-order valence-electron chi connectivity index (χ3n) is 4.27. The number of fused-ring (bicyclic) bond motifs is 1. The van der Waals surface area contributed by atoms with Crippen LogP contribution in [0.3, 0.4) is 0 Å². The Bertz CT molecular complexity index is 776. The van der Waals surface area contributed by atoms with Gasteiger partial charge in [0.25, 0.3) is 0 Å². The van der Waals surface area contributed by atoms with Gasteiger partial charge in [0.1, 0.15) is 0 Å². The van der Waals surface area contributed by atoms with Gasteiger partial charge in [0, 0.05) is 24.7 Å². The molecular weight excluding hydrogens is 320 g/mol. The van der Waals surface area contributed by atoms with Crippen LogP contribution in [0.25, 0.3) is 0 Å². The monoisotopic (exact) mass is 340 g/mol. The van der Waals surface area contributed by atoms with E-state index in [4.69, 9.17) is 4.74 Å². The minimum atomic E-state index is -0.467. The molecule has 3 rings (SSSR count). The normalized spacial score (nSPS) is 13.2.